The molecular weight excluding hydrogens is 324 g/mol. The predicted molar refractivity (Wildman–Crippen MR) is 65.4 cm³/mol. The second kappa shape index (κ2) is 5.29. The molecule has 0 saturated heterocycles. The summed E-state index contributed by atoms with van der Waals surface area (Å²) in [5.74, 6) is 2.26. The number of amides is 1. The average Bonchev–Trinajstić information content (AvgIpc) is 2.21. The summed E-state index contributed by atoms with van der Waals surface area (Å²) < 4.78 is 1.40. The zero-order valence-corrected chi connectivity index (χ0v) is 11.2. The number of aromatic nitrogens is 1. The molecule has 1 amide bonds. The van der Waals surface area contributed by atoms with Crippen molar-refractivity contribution in [2.45, 2.75) is 0 Å². The maximum absolute atomic E-state index is 11.8. The molecule has 0 saturated carbocycles. The number of carbonyl (C=O) groups is 1. The first-order chi connectivity index (χ1) is 7.06. The molecule has 5 heteroatoms. The Labute approximate surface area is 105 Å². The molecule has 78 valence electrons. The van der Waals surface area contributed by atoms with Gasteiger partial charge in [0.05, 0.1) is 16.6 Å². The Bertz CT molecular complexity index is 426. The van der Waals surface area contributed by atoms with Gasteiger partial charge in [-0.2, -0.15) is 0 Å². The minimum atomic E-state index is -0.145. The summed E-state index contributed by atoms with van der Waals surface area (Å²) in [7, 11) is 1.65. The fourth-order valence-corrected chi connectivity index (χ4v) is 1.53. The second-order valence-electron chi connectivity index (χ2n) is 2.86. The Morgan fingerprint density at radius 2 is 2.33 bits per heavy atom. The molecule has 0 spiro atoms. The smallest absolute Gasteiger partial charge is 0.255 e. The van der Waals surface area contributed by atoms with Gasteiger partial charge in [0.1, 0.15) is 4.60 Å². The van der Waals surface area contributed by atoms with Crippen molar-refractivity contribution >= 4 is 37.8 Å². The largest absolute Gasteiger partial charge is 0.331 e. The number of pyridine rings is 1. The van der Waals surface area contributed by atoms with Gasteiger partial charge in [0, 0.05) is 13.2 Å². The molecule has 0 aliphatic rings. The summed E-state index contributed by atoms with van der Waals surface area (Å²) in [4.78, 5) is 17.2. The predicted octanol–water partition coefficient (Wildman–Crippen LogP) is 2.31. The number of nitrogens with zero attached hydrogens (tertiary/aromatic N) is 2. The third-order valence-electron chi connectivity index (χ3n) is 1.72. The molecule has 3 nitrogen and oxygen atoms in total. The van der Waals surface area contributed by atoms with Crippen molar-refractivity contribution in [3.63, 3.8) is 0 Å². The maximum Gasteiger partial charge on any atom is 0.255 e. The summed E-state index contributed by atoms with van der Waals surface area (Å²) in [5.41, 5.74) is 0.503. The van der Waals surface area contributed by atoms with Gasteiger partial charge in [-0.3, -0.25) is 4.79 Å². The average molecular weight is 332 g/mol. The van der Waals surface area contributed by atoms with Crippen LogP contribution in [0.1, 0.15) is 10.4 Å². The van der Waals surface area contributed by atoms with Gasteiger partial charge >= 0.3 is 0 Å². The minimum absolute atomic E-state index is 0.145. The van der Waals surface area contributed by atoms with E-state index >= 15 is 0 Å². The van der Waals surface area contributed by atoms with Gasteiger partial charge < -0.3 is 4.90 Å². The van der Waals surface area contributed by atoms with Gasteiger partial charge in [0.2, 0.25) is 0 Å². The fraction of sp³-hybridized carbons (Fsp3) is 0.200. The highest BCUT2D eigenvalue weighted by molar-refractivity contribution is 9.13. The van der Waals surface area contributed by atoms with Crippen molar-refractivity contribution in [2.24, 2.45) is 0 Å². The van der Waals surface area contributed by atoms with Gasteiger partial charge in [-0.25, -0.2) is 4.98 Å². The number of halogens is 2. The Hall–Kier alpha value is -0.860. The second-order valence-corrected chi connectivity index (χ2v) is 4.47. The molecule has 0 atom stereocenters. The van der Waals surface area contributed by atoms with Crippen molar-refractivity contribution in [2.75, 3.05) is 13.6 Å². The Kier molecular flexibility index (Phi) is 4.30. The van der Waals surface area contributed by atoms with E-state index < -0.39 is 0 Å². The van der Waals surface area contributed by atoms with Crippen LogP contribution in [0.2, 0.25) is 0 Å². The molecule has 0 N–H and O–H groups in total. The molecule has 0 aliphatic carbocycles. The zero-order chi connectivity index (χ0) is 11.4. The van der Waals surface area contributed by atoms with Crippen LogP contribution >= 0.6 is 31.9 Å². The van der Waals surface area contributed by atoms with E-state index in [0.717, 1.165) is 4.47 Å². The van der Waals surface area contributed by atoms with Crippen molar-refractivity contribution in [1.29, 1.82) is 0 Å². The lowest BCUT2D eigenvalue weighted by molar-refractivity contribution is 0.0812. The molecule has 0 fully saturated rings. The molecule has 0 bridgehead atoms. The van der Waals surface area contributed by atoms with Crippen LogP contribution in [0.3, 0.4) is 0 Å². The van der Waals surface area contributed by atoms with E-state index in [9.17, 15) is 4.79 Å². The lowest BCUT2D eigenvalue weighted by Crippen LogP contribution is -2.27. The third kappa shape index (κ3) is 3.05. The highest BCUT2D eigenvalue weighted by atomic mass is 79.9. The maximum atomic E-state index is 11.8. The van der Waals surface area contributed by atoms with E-state index in [1.807, 2.05) is 0 Å². The molecule has 0 radical (unpaired) electrons. The van der Waals surface area contributed by atoms with Crippen molar-refractivity contribution in [1.82, 2.24) is 9.88 Å². The van der Waals surface area contributed by atoms with E-state index in [1.165, 1.54) is 11.1 Å². The Morgan fingerprint density at radius 1 is 1.67 bits per heavy atom. The van der Waals surface area contributed by atoms with E-state index in [1.54, 1.807) is 13.1 Å². The lowest BCUT2D eigenvalue weighted by Gasteiger charge is -2.13. The van der Waals surface area contributed by atoms with Crippen molar-refractivity contribution in [3.05, 3.63) is 26.9 Å². The first-order valence-electron chi connectivity index (χ1n) is 4.06. The lowest BCUT2D eigenvalue weighted by atomic mass is 10.2. The number of terminal acetylenes is 1. The van der Waals surface area contributed by atoms with Crippen LogP contribution < -0.4 is 0 Å². The summed E-state index contributed by atoms with van der Waals surface area (Å²) >= 11 is 6.51. The summed E-state index contributed by atoms with van der Waals surface area (Å²) in [6, 6.07) is 1.70. The van der Waals surface area contributed by atoms with Crippen molar-refractivity contribution in [3.8, 4) is 12.3 Å². The quantitative estimate of drug-likeness (QED) is 0.615. The third-order valence-corrected chi connectivity index (χ3v) is 3.49. The first kappa shape index (κ1) is 12.2. The summed E-state index contributed by atoms with van der Waals surface area (Å²) in [5, 5.41) is 0. The molecule has 0 unspecified atom stereocenters. The van der Waals surface area contributed by atoms with Crippen LogP contribution in [0.5, 0.6) is 0 Å². The highest BCUT2D eigenvalue weighted by Gasteiger charge is 2.12. The minimum Gasteiger partial charge on any atom is -0.331 e. The first-order valence-corrected chi connectivity index (χ1v) is 5.65. The zero-order valence-electron chi connectivity index (χ0n) is 8.00. The number of hydrogen-bond acceptors (Lipinski definition) is 2. The van der Waals surface area contributed by atoms with Crippen LogP contribution in [0.15, 0.2) is 21.3 Å². The topological polar surface area (TPSA) is 33.2 Å². The molecule has 0 aliphatic heterocycles. The number of rotatable bonds is 2. The van der Waals surface area contributed by atoms with Crippen LogP contribution in [0.4, 0.5) is 0 Å². The molecule has 0 aromatic carbocycles. The molecule has 1 aromatic heterocycles. The Morgan fingerprint density at radius 3 is 2.87 bits per heavy atom. The van der Waals surface area contributed by atoms with Crippen molar-refractivity contribution < 1.29 is 4.79 Å². The van der Waals surface area contributed by atoms with E-state index in [0.29, 0.717) is 10.2 Å². The normalized spacial score (nSPS) is 9.47. The van der Waals surface area contributed by atoms with Crippen LogP contribution in [-0.4, -0.2) is 29.4 Å². The highest BCUT2D eigenvalue weighted by Crippen LogP contribution is 2.21. The SMILES string of the molecule is C#CCN(C)C(=O)c1cnc(Br)c(Br)c1. The molecule has 1 rings (SSSR count). The van der Waals surface area contributed by atoms with Gasteiger partial charge in [0.15, 0.2) is 0 Å². The van der Waals surface area contributed by atoms with Gasteiger partial charge in [-0.15, -0.1) is 6.42 Å². The molecule has 15 heavy (non-hydrogen) atoms. The molecule has 1 aromatic rings. The summed E-state index contributed by atoms with van der Waals surface area (Å²) in [6.07, 6.45) is 6.63. The summed E-state index contributed by atoms with van der Waals surface area (Å²) in [6.45, 7) is 0.284. The van der Waals surface area contributed by atoms with E-state index in [4.69, 9.17) is 6.42 Å². The Balaban J connectivity index is 2.93. The van der Waals surface area contributed by atoms with Crippen LogP contribution in [0.25, 0.3) is 0 Å². The molecular formula is C10H8Br2N2O. The standard InChI is InChI=1S/C10H8Br2N2O/c1-3-4-14(2)10(15)7-5-8(11)9(12)13-6-7/h1,5-6H,4H2,2H3. The van der Waals surface area contributed by atoms with Crippen LogP contribution in [-0.2, 0) is 0 Å². The number of carbonyl (C=O) groups excluding carboxylic acids is 1. The molecule has 1 heterocycles. The van der Waals surface area contributed by atoms with Gasteiger partial charge in [0.25, 0.3) is 5.91 Å². The van der Waals surface area contributed by atoms with Crippen LogP contribution in [0, 0.1) is 12.3 Å². The van der Waals surface area contributed by atoms with E-state index in [-0.39, 0.29) is 12.5 Å². The van der Waals surface area contributed by atoms with E-state index in [2.05, 4.69) is 42.8 Å². The van der Waals surface area contributed by atoms with Gasteiger partial charge in [-0.1, -0.05) is 5.92 Å². The van der Waals surface area contributed by atoms with Gasteiger partial charge in [-0.05, 0) is 37.9 Å². The number of hydrogen-bond donors (Lipinski definition) is 0. The monoisotopic (exact) mass is 330 g/mol. The fourth-order valence-electron chi connectivity index (χ4n) is 0.967.